The maximum absolute atomic E-state index is 13.8. The Balaban J connectivity index is 2.35. The van der Waals surface area contributed by atoms with Gasteiger partial charge in [-0.1, -0.05) is 15.9 Å². The SMILES string of the molecule is COCc1ccc(C(N)c2c(F)cc(Br)cc2F)o1. The van der Waals surface area contributed by atoms with E-state index in [1.165, 1.54) is 7.11 Å². The molecule has 0 aliphatic carbocycles. The molecule has 0 aliphatic heterocycles. The van der Waals surface area contributed by atoms with Crippen molar-refractivity contribution in [2.75, 3.05) is 7.11 Å². The second kappa shape index (κ2) is 5.81. The van der Waals surface area contributed by atoms with Crippen molar-refractivity contribution >= 4 is 15.9 Å². The third-order valence-electron chi connectivity index (χ3n) is 2.63. The van der Waals surface area contributed by atoms with Crippen LogP contribution in [0.1, 0.15) is 23.1 Å². The van der Waals surface area contributed by atoms with Crippen LogP contribution in [-0.4, -0.2) is 7.11 Å². The summed E-state index contributed by atoms with van der Waals surface area (Å²) < 4.78 is 38.2. The van der Waals surface area contributed by atoms with Gasteiger partial charge in [-0.05, 0) is 24.3 Å². The maximum Gasteiger partial charge on any atom is 0.132 e. The third-order valence-corrected chi connectivity index (χ3v) is 3.09. The fourth-order valence-corrected chi connectivity index (χ4v) is 2.18. The summed E-state index contributed by atoms with van der Waals surface area (Å²) in [5.41, 5.74) is 5.63. The molecule has 102 valence electrons. The number of halogens is 3. The van der Waals surface area contributed by atoms with E-state index in [-0.39, 0.29) is 17.9 Å². The molecule has 0 radical (unpaired) electrons. The van der Waals surface area contributed by atoms with Crippen LogP contribution in [-0.2, 0) is 11.3 Å². The van der Waals surface area contributed by atoms with Crippen molar-refractivity contribution in [3.8, 4) is 0 Å². The highest BCUT2D eigenvalue weighted by atomic mass is 79.9. The molecule has 2 rings (SSSR count). The van der Waals surface area contributed by atoms with Gasteiger partial charge in [-0.2, -0.15) is 0 Å². The predicted molar refractivity (Wildman–Crippen MR) is 69.5 cm³/mol. The lowest BCUT2D eigenvalue weighted by molar-refractivity contribution is 0.162. The van der Waals surface area contributed by atoms with Crippen molar-refractivity contribution in [2.24, 2.45) is 5.73 Å². The first-order valence-corrected chi connectivity index (χ1v) is 6.29. The zero-order valence-corrected chi connectivity index (χ0v) is 11.7. The fraction of sp³-hybridized carbons (Fsp3) is 0.231. The lowest BCUT2D eigenvalue weighted by Gasteiger charge is -2.12. The van der Waals surface area contributed by atoms with Crippen molar-refractivity contribution < 1.29 is 17.9 Å². The third kappa shape index (κ3) is 3.02. The Bertz CT molecular complexity index is 563. The molecule has 1 atom stereocenters. The zero-order valence-electron chi connectivity index (χ0n) is 10.1. The molecular formula is C13H12BrF2NO2. The van der Waals surface area contributed by atoms with Gasteiger partial charge in [-0.15, -0.1) is 0 Å². The molecule has 3 nitrogen and oxygen atoms in total. The molecule has 0 amide bonds. The van der Waals surface area contributed by atoms with Crippen LogP contribution in [0.3, 0.4) is 0 Å². The summed E-state index contributed by atoms with van der Waals surface area (Å²) in [7, 11) is 1.52. The summed E-state index contributed by atoms with van der Waals surface area (Å²) in [6.45, 7) is 0.276. The van der Waals surface area contributed by atoms with Crippen molar-refractivity contribution in [1.29, 1.82) is 0 Å². The molecule has 0 saturated heterocycles. The first kappa shape index (κ1) is 14.2. The molecule has 0 aliphatic rings. The van der Waals surface area contributed by atoms with E-state index in [4.69, 9.17) is 14.9 Å². The Morgan fingerprint density at radius 1 is 1.32 bits per heavy atom. The van der Waals surface area contributed by atoms with Crippen LogP contribution in [0, 0.1) is 11.6 Å². The van der Waals surface area contributed by atoms with Gasteiger partial charge >= 0.3 is 0 Å². The topological polar surface area (TPSA) is 48.4 Å². The summed E-state index contributed by atoms with van der Waals surface area (Å²) in [4.78, 5) is 0. The van der Waals surface area contributed by atoms with Gasteiger partial charge in [0.2, 0.25) is 0 Å². The van der Waals surface area contributed by atoms with Crippen LogP contribution < -0.4 is 5.73 Å². The van der Waals surface area contributed by atoms with E-state index in [2.05, 4.69) is 15.9 Å². The minimum absolute atomic E-state index is 0.221. The predicted octanol–water partition coefficient (Wildman–Crippen LogP) is 3.51. The van der Waals surface area contributed by atoms with Gasteiger partial charge in [0.25, 0.3) is 0 Å². The van der Waals surface area contributed by atoms with Crippen LogP contribution in [0.2, 0.25) is 0 Å². The number of rotatable bonds is 4. The molecular weight excluding hydrogens is 320 g/mol. The number of methoxy groups -OCH3 is 1. The van der Waals surface area contributed by atoms with Gasteiger partial charge in [0, 0.05) is 17.1 Å². The number of furan rings is 1. The maximum atomic E-state index is 13.8. The molecule has 0 spiro atoms. The van der Waals surface area contributed by atoms with Crippen LogP contribution in [0.15, 0.2) is 33.2 Å². The van der Waals surface area contributed by atoms with Gasteiger partial charge in [0.05, 0.1) is 6.04 Å². The van der Waals surface area contributed by atoms with Gasteiger partial charge in [-0.3, -0.25) is 0 Å². The summed E-state index contributed by atoms with van der Waals surface area (Å²) >= 11 is 3.02. The monoisotopic (exact) mass is 331 g/mol. The molecule has 19 heavy (non-hydrogen) atoms. The number of nitrogens with two attached hydrogens (primary N) is 1. The van der Waals surface area contributed by atoms with E-state index < -0.39 is 17.7 Å². The van der Waals surface area contributed by atoms with E-state index in [0.717, 1.165) is 12.1 Å². The van der Waals surface area contributed by atoms with E-state index >= 15 is 0 Å². The quantitative estimate of drug-likeness (QED) is 0.932. The highest BCUT2D eigenvalue weighted by Crippen LogP contribution is 2.28. The molecule has 0 fully saturated rings. The van der Waals surface area contributed by atoms with Crippen molar-refractivity contribution in [3.05, 3.63) is 57.5 Å². The normalized spacial score (nSPS) is 12.7. The van der Waals surface area contributed by atoms with Crippen LogP contribution in [0.4, 0.5) is 8.78 Å². The molecule has 0 saturated carbocycles. The minimum atomic E-state index is -1.00. The Kier molecular flexibility index (Phi) is 4.34. The van der Waals surface area contributed by atoms with Crippen LogP contribution in [0.25, 0.3) is 0 Å². The van der Waals surface area contributed by atoms with E-state index in [9.17, 15) is 8.78 Å². The largest absolute Gasteiger partial charge is 0.462 e. The molecule has 1 aromatic heterocycles. The Morgan fingerprint density at radius 2 is 1.95 bits per heavy atom. The summed E-state index contributed by atoms with van der Waals surface area (Å²) in [6.07, 6.45) is 0. The Labute approximate surface area is 117 Å². The smallest absolute Gasteiger partial charge is 0.132 e. The lowest BCUT2D eigenvalue weighted by atomic mass is 10.0. The number of hydrogen-bond donors (Lipinski definition) is 1. The van der Waals surface area contributed by atoms with E-state index in [1.54, 1.807) is 12.1 Å². The van der Waals surface area contributed by atoms with Gasteiger partial charge in [0.15, 0.2) is 0 Å². The van der Waals surface area contributed by atoms with Crippen molar-refractivity contribution in [1.82, 2.24) is 0 Å². The second-order valence-electron chi connectivity index (χ2n) is 4.00. The molecule has 2 N–H and O–H groups in total. The molecule has 1 aromatic carbocycles. The highest BCUT2D eigenvalue weighted by Gasteiger charge is 2.22. The second-order valence-corrected chi connectivity index (χ2v) is 4.91. The molecule has 1 heterocycles. The van der Waals surface area contributed by atoms with E-state index in [0.29, 0.717) is 10.2 Å². The Hall–Kier alpha value is -1.24. The average Bonchev–Trinajstić information content (AvgIpc) is 2.76. The first-order valence-electron chi connectivity index (χ1n) is 5.50. The average molecular weight is 332 g/mol. The van der Waals surface area contributed by atoms with Gasteiger partial charge < -0.3 is 14.9 Å². The van der Waals surface area contributed by atoms with Crippen LogP contribution >= 0.6 is 15.9 Å². The number of hydrogen-bond acceptors (Lipinski definition) is 3. The zero-order chi connectivity index (χ0) is 14.0. The standard InChI is InChI=1S/C13H12BrF2NO2/c1-18-6-8-2-3-11(19-8)13(17)12-9(15)4-7(14)5-10(12)16/h2-5,13H,6,17H2,1H3. The highest BCUT2D eigenvalue weighted by molar-refractivity contribution is 9.10. The number of ether oxygens (including phenoxy) is 1. The first-order chi connectivity index (χ1) is 9.02. The molecule has 0 bridgehead atoms. The van der Waals surface area contributed by atoms with Gasteiger partial charge in [-0.25, -0.2) is 8.78 Å². The lowest BCUT2D eigenvalue weighted by Crippen LogP contribution is -2.15. The minimum Gasteiger partial charge on any atom is -0.462 e. The van der Waals surface area contributed by atoms with Crippen molar-refractivity contribution in [3.63, 3.8) is 0 Å². The molecule has 1 unspecified atom stereocenters. The number of benzene rings is 1. The molecule has 2 aromatic rings. The van der Waals surface area contributed by atoms with E-state index in [1.807, 2.05) is 0 Å². The van der Waals surface area contributed by atoms with Crippen LogP contribution in [0.5, 0.6) is 0 Å². The summed E-state index contributed by atoms with van der Waals surface area (Å²) in [5, 5.41) is 0. The molecule has 6 heteroatoms. The van der Waals surface area contributed by atoms with Gasteiger partial charge in [0.1, 0.15) is 29.8 Å². The fourth-order valence-electron chi connectivity index (χ4n) is 1.77. The van der Waals surface area contributed by atoms with Crippen molar-refractivity contribution in [2.45, 2.75) is 12.6 Å². The summed E-state index contributed by atoms with van der Waals surface area (Å²) in [6, 6.07) is 4.57. The summed E-state index contributed by atoms with van der Waals surface area (Å²) in [5.74, 6) is -0.605. The Morgan fingerprint density at radius 3 is 2.53 bits per heavy atom.